The number of hydrogen-bond acceptors (Lipinski definition) is 5. The van der Waals surface area contributed by atoms with E-state index in [1.165, 1.54) is 18.2 Å². The van der Waals surface area contributed by atoms with Gasteiger partial charge < -0.3 is 0 Å². The molecule has 0 spiro atoms. The number of nitro groups is 1. The predicted octanol–water partition coefficient (Wildman–Crippen LogP) is 5.38. The fourth-order valence-electron chi connectivity index (χ4n) is 4.26. The second kappa shape index (κ2) is 9.93. The molecule has 0 aromatic heterocycles. The highest BCUT2D eigenvalue weighted by molar-refractivity contribution is 9.12. The summed E-state index contributed by atoms with van der Waals surface area (Å²) in [5.74, 6) is -2.81. The number of carbonyl (C=O) groups is 3. The highest BCUT2D eigenvalue weighted by Gasteiger charge is 2.54. The number of imide groups is 1. The first-order chi connectivity index (χ1) is 16.1. The average molecular weight is 634 g/mol. The molecule has 2 fully saturated rings. The van der Waals surface area contributed by atoms with Gasteiger partial charge in [0, 0.05) is 27.4 Å². The molecule has 0 bridgehead atoms. The van der Waals surface area contributed by atoms with Crippen LogP contribution in [-0.4, -0.2) is 42.3 Å². The first-order valence-electron chi connectivity index (χ1n) is 10.2. The standard InChI is InChI=1S/C22H17Br2Cl2N3O5/c23-16-8-14-15(9-17(16)24)22(32)28(21(14)31)27(10-11-4-5-18(25)19(26)6-11)20(30)12-2-1-3-13(7-12)29(33)34/h1-7,14-17H,8-10H2/t14-,15-,16-,17+/m1/s1. The topological polar surface area (TPSA) is 101 Å². The molecule has 12 heteroatoms. The Balaban J connectivity index is 1.74. The molecule has 4 atom stereocenters. The lowest BCUT2D eigenvalue weighted by atomic mass is 9.81. The second-order valence-corrected chi connectivity index (χ2v) is 11.3. The zero-order valence-electron chi connectivity index (χ0n) is 17.4. The van der Waals surface area contributed by atoms with Gasteiger partial charge in [0.1, 0.15) is 0 Å². The van der Waals surface area contributed by atoms with Gasteiger partial charge in [0.25, 0.3) is 23.4 Å². The van der Waals surface area contributed by atoms with Gasteiger partial charge in [0.05, 0.1) is 33.3 Å². The summed E-state index contributed by atoms with van der Waals surface area (Å²) in [7, 11) is 0. The molecule has 2 aromatic carbocycles. The average Bonchev–Trinajstić information content (AvgIpc) is 3.03. The first kappa shape index (κ1) is 25.1. The third-order valence-corrected chi connectivity index (χ3v) is 9.46. The maximum Gasteiger partial charge on any atom is 0.273 e. The Kier molecular flexibility index (Phi) is 7.33. The van der Waals surface area contributed by atoms with Gasteiger partial charge in [-0.05, 0) is 36.6 Å². The van der Waals surface area contributed by atoms with E-state index in [1.54, 1.807) is 18.2 Å². The minimum absolute atomic E-state index is 0.00134. The fourth-order valence-corrected chi connectivity index (χ4v) is 5.82. The monoisotopic (exact) mass is 631 g/mol. The maximum absolute atomic E-state index is 13.6. The molecule has 2 aliphatic rings. The number of halogens is 4. The van der Waals surface area contributed by atoms with E-state index in [4.69, 9.17) is 23.2 Å². The number of hydrazine groups is 1. The number of carbonyl (C=O) groups excluding carboxylic acids is 3. The van der Waals surface area contributed by atoms with Crippen LogP contribution >= 0.6 is 55.1 Å². The molecule has 1 heterocycles. The summed E-state index contributed by atoms with van der Waals surface area (Å²) in [6.07, 6.45) is 0.876. The lowest BCUT2D eigenvalue weighted by Crippen LogP contribution is -2.49. The molecule has 178 valence electrons. The van der Waals surface area contributed by atoms with Crippen molar-refractivity contribution in [2.75, 3.05) is 0 Å². The van der Waals surface area contributed by atoms with Crippen molar-refractivity contribution in [1.29, 1.82) is 0 Å². The highest BCUT2D eigenvalue weighted by atomic mass is 79.9. The lowest BCUT2D eigenvalue weighted by Gasteiger charge is -2.30. The molecule has 8 nitrogen and oxygen atoms in total. The van der Waals surface area contributed by atoms with E-state index in [9.17, 15) is 24.5 Å². The Bertz CT molecular complexity index is 1170. The molecule has 1 saturated carbocycles. The summed E-state index contributed by atoms with van der Waals surface area (Å²) in [5.41, 5.74) is 0.221. The Morgan fingerprint density at radius 2 is 1.65 bits per heavy atom. The number of non-ortho nitro benzene ring substituents is 1. The number of fused-ring (bicyclic) bond motifs is 1. The Labute approximate surface area is 221 Å². The molecule has 1 aliphatic carbocycles. The number of rotatable bonds is 5. The van der Waals surface area contributed by atoms with Crippen LogP contribution in [0.25, 0.3) is 0 Å². The summed E-state index contributed by atoms with van der Waals surface area (Å²) in [4.78, 5) is 50.9. The predicted molar refractivity (Wildman–Crippen MR) is 133 cm³/mol. The smallest absolute Gasteiger partial charge is 0.272 e. The highest BCUT2D eigenvalue weighted by Crippen LogP contribution is 2.44. The van der Waals surface area contributed by atoms with Gasteiger partial charge in [-0.1, -0.05) is 67.2 Å². The van der Waals surface area contributed by atoms with E-state index in [0.29, 0.717) is 23.4 Å². The van der Waals surface area contributed by atoms with Crippen molar-refractivity contribution in [3.8, 4) is 0 Å². The summed E-state index contributed by atoms with van der Waals surface area (Å²) in [6, 6.07) is 9.87. The zero-order chi connectivity index (χ0) is 24.7. The molecule has 0 unspecified atom stereocenters. The van der Waals surface area contributed by atoms with Gasteiger partial charge in [0.15, 0.2) is 0 Å². The normalized spacial score (nSPS) is 24.2. The summed E-state index contributed by atoms with van der Waals surface area (Å²) < 4.78 is 0. The van der Waals surface area contributed by atoms with Crippen LogP contribution in [0.4, 0.5) is 5.69 Å². The Hall–Kier alpha value is -2.01. The van der Waals surface area contributed by atoms with Crippen LogP contribution in [0.1, 0.15) is 28.8 Å². The van der Waals surface area contributed by atoms with Crippen LogP contribution in [0.3, 0.4) is 0 Å². The molecule has 2 aromatic rings. The number of nitrogens with zero attached hydrogens (tertiary/aromatic N) is 3. The van der Waals surface area contributed by atoms with Crippen LogP contribution in [-0.2, 0) is 16.1 Å². The fraction of sp³-hybridized carbons (Fsp3) is 0.318. The minimum atomic E-state index is -0.721. The molecule has 1 saturated heterocycles. The largest absolute Gasteiger partial charge is 0.273 e. The van der Waals surface area contributed by atoms with E-state index in [1.807, 2.05) is 0 Å². The summed E-state index contributed by atoms with van der Waals surface area (Å²) >= 11 is 19.2. The summed E-state index contributed by atoms with van der Waals surface area (Å²) in [5, 5.41) is 13.7. The van der Waals surface area contributed by atoms with Gasteiger partial charge in [-0.3, -0.25) is 24.5 Å². The van der Waals surface area contributed by atoms with Crippen molar-refractivity contribution < 1.29 is 19.3 Å². The van der Waals surface area contributed by atoms with Crippen molar-refractivity contribution in [3.63, 3.8) is 0 Å². The van der Waals surface area contributed by atoms with Crippen molar-refractivity contribution >= 4 is 78.5 Å². The molecule has 3 amide bonds. The number of hydrogen-bond donors (Lipinski definition) is 0. The van der Waals surface area contributed by atoms with Crippen LogP contribution in [0.5, 0.6) is 0 Å². The van der Waals surface area contributed by atoms with Crippen molar-refractivity contribution in [2.24, 2.45) is 11.8 Å². The molecular formula is C22H17Br2Cl2N3O5. The molecular weight excluding hydrogens is 617 g/mol. The van der Waals surface area contributed by atoms with Gasteiger partial charge in [-0.25, -0.2) is 5.01 Å². The number of benzene rings is 2. The van der Waals surface area contributed by atoms with E-state index < -0.39 is 34.5 Å². The SMILES string of the molecule is O=C(c1cccc([N+](=O)[O-])c1)N(Cc1ccc(Cl)c(Cl)c1)N1C(=O)[C@@H]2C[C@@H](Br)[C@@H](Br)C[C@H]2C1=O. The molecule has 1 aliphatic heterocycles. The third-order valence-electron chi connectivity index (χ3n) is 5.98. The van der Waals surface area contributed by atoms with Crippen molar-refractivity contribution in [2.45, 2.75) is 29.0 Å². The molecule has 34 heavy (non-hydrogen) atoms. The Morgan fingerprint density at radius 3 is 2.21 bits per heavy atom. The zero-order valence-corrected chi connectivity index (χ0v) is 22.1. The van der Waals surface area contributed by atoms with Gasteiger partial charge in [0.2, 0.25) is 0 Å². The number of alkyl halides is 2. The third kappa shape index (κ3) is 4.73. The van der Waals surface area contributed by atoms with Crippen LogP contribution in [0.2, 0.25) is 10.0 Å². The van der Waals surface area contributed by atoms with E-state index >= 15 is 0 Å². The maximum atomic E-state index is 13.6. The van der Waals surface area contributed by atoms with Crippen molar-refractivity contribution in [1.82, 2.24) is 10.0 Å². The van der Waals surface area contributed by atoms with Crippen LogP contribution in [0, 0.1) is 22.0 Å². The number of amides is 3. The van der Waals surface area contributed by atoms with Gasteiger partial charge >= 0.3 is 0 Å². The molecule has 0 N–H and O–H groups in total. The van der Waals surface area contributed by atoms with Crippen molar-refractivity contribution in [3.05, 3.63) is 73.8 Å². The Morgan fingerprint density at radius 1 is 1.03 bits per heavy atom. The van der Waals surface area contributed by atoms with E-state index in [2.05, 4.69) is 31.9 Å². The minimum Gasteiger partial charge on any atom is -0.272 e. The van der Waals surface area contributed by atoms with Crippen LogP contribution in [0.15, 0.2) is 42.5 Å². The van der Waals surface area contributed by atoms with E-state index in [-0.39, 0.29) is 32.5 Å². The molecule has 4 rings (SSSR count). The van der Waals surface area contributed by atoms with Crippen LogP contribution < -0.4 is 0 Å². The summed E-state index contributed by atoms with van der Waals surface area (Å²) in [6.45, 7) is -0.162. The quantitative estimate of drug-likeness (QED) is 0.190. The van der Waals surface area contributed by atoms with Gasteiger partial charge in [-0.15, -0.1) is 0 Å². The second-order valence-electron chi connectivity index (χ2n) is 8.12. The van der Waals surface area contributed by atoms with Gasteiger partial charge in [-0.2, -0.15) is 5.01 Å². The van der Waals surface area contributed by atoms with E-state index in [0.717, 1.165) is 16.1 Å². The first-order valence-corrected chi connectivity index (χ1v) is 12.8. The molecule has 0 radical (unpaired) electrons. The lowest BCUT2D eigenvalue weighted by molar-refractivity contribution is -0.384. The number of nitro benzene ring substituents is 1.